The van der Waals surface area contributed by atoms with Gasteiger partial charge < -0.3 is 16.4 Å². The topological polar surface area (TPSA) is 80.0 Å². The maximum atomic E-state index is 11.4. The molecule has 1 aromatic rings. The Kier molecular flexibility index (Phi) is 4.41. The Morgan fingerprint density at radius 3 is 3.00 bits per heavy atom. The van der Waals surface area contributed by atoms with E-state index in [0.29, 0.717) is 24.7 Å². The van der Waals surface area contributed by atoms with E-state index in [1.807, 2.05) is 0 Å². The molecule has 0 spiro atoms. The zero-order valence-corrected chi connectivity index (χ0v) is 11.7. The van der Waals surface area contributed by atoms with Crippen molar-refractivity contribution in [1.29, 1.82) is 0 Å². The highest BCUT2D eigenvalue weighted by Gasteiger charge is 2.22. The lowest BCUT2D eigenvalue weighted by molar-refractivity contribution is -0.121. The predicted molar refractivity (Wildman–Crippen MR) is 75.2 cm³/mol. The van der Waals surface area contributed by atoms with Crippen molar-refractivity contribution >= 4 is 33.3 Å². The van der Waals surface area contributed by atoms with Crippen molar-refractivity contribution in [3.05, 3.63) is 16.7 Å². The van der Waals surface area contributed by atoms with E-state index < -0.39 is 0 Å². The monoisotopic (exact) mass is 312 g/mol. The highest BCUT2D eigenvalue weighted by molar-refractivity contribution is 9.10. The molecule has 0 radical (unpaired) electrons. The van der Waals surface area contributed by atoms with Crippen LogP contribution in [0.25, 0.3) is 0 Å². The summed E-state index contributed by atoms with van der Waals surface area (Å²) in [6.45, 7) is 0.716. The number of nitrogens with zero attached hydrogens (tertiary/aromatic N) is 1. The molecule has 1 amide bonds. The zero-order valence-electron chi connectivity index (χ0n) is 10.1. The largest absolute Gasteiger partial charge is 0.397 e. The summed E-state index contributed by atoms with van der Waals surface area (Å²) in [6, 6.07) is 2.24. The molecule has 0 saturated heterocycles. The highest BCUT2D eigenvalue weighted by Crippen LogP contribution is 2.21. The summed E-state index contributed by atoms with van der Waals surface area (Å²) < 4.78 is 0.838. The predicted octanol–water partition coefficient (Wildman–Crippen LogP) is 1.90. The third-order valence-corrected chi connectivity index (χ3v) is 3.28. The van der Waals surface area contributed by atoms with Gasteiger partial charge in [0, 0.05) is 19.0 Å². The molecule has 1 heterocycles. The van der Waals surface area contributed by atoms with E-state index in [4.69, 9.17) is 5.73 Å². The van der Waals surface area contributed by atoms with Crippen molar-refractivity contribution < 1.29 is 4.79 Å². The molecule has 0 bridgehead atoms. The van der Waals surface area contributed by atoms with Gasteiger partial charge in [-0.3, -0.25) is 4.79 Å². The summed E-state index contributed by atoms with van der Waals surface area (Å²) in [4.78, 5) is 15.6. The molecule has 0 aliphatic heterocycles. The second-order valence-corrected chi connectivity index (χ2v) is 5.33. The molecule has 0 unspecified atom stereocenters. The SMILES string of the molecule is Nc1cnc(NCCCC(=O)NC2CC2)c(Br)c1. The number of hydrogen-bond donors (Lipinski definition) is 3. The molecule has 1 fully saturated rings. The van der Waals surface area contributed by atoms with Crippen molar-refractivity contribution in [1.82, 2.24) is 10.3 Å². The van der Waals surface area contributed by atoms with Crippen LogP contribution in [0.5, 0.6) is 0 Å². The van der Waals surface area contributed by atoms with E-state index >= 15 is 0 Å². The number of nitrogens with two attached hydrogens (primary N) is 1. The Morgan fingerprint density at radius 2 is 2.33 bits per heavy atom. The fourth-order valence-electron chi connectivity index (χ4n) is 1.57. The highest BCUT2D eigenvalue weighted by atomic mass is 79.9. The van der Waals surface area contributed by atoms with E-state index in [-0.39, 0.29) is 5.91 Å². The molecule has 98 valence electrons. The first-order chi connectivity index (χ1) is 8.65. The van der Waals surface area contributed by atoms with Crippen molar-refractivity contribution in [2.24, 2.45) is 0 Å². The summed E-state index contributed by atoms with van der Waals surface area (Å²) in [5.41, 5.74) is 6.22. The lowest BCUT2D eigenvalue weighted by Gasteiger charge is -2.08. The smallest absolute Gasteiger partial charge is 0.220 e. The van der Waals surface area contributed by atoms with Crippen molar-refractivity contribution in [3.8, 4) is 0 Å². The summed E-state index contributed by atoms with van der Waals surface area (Å²) in [6.07, 6.45) is 5.21. The van der Waals surface area contributed by atoms with E-state index in [1.165, 1.54) is 0 Å². The molecule has 4 N–H and O–H groups in total. The third-order valence-electron chi connectivity index (χ3n) is 2.68. The number of amides is 1. The van der Waals surface area contributed by atoms with Gasteiger partial charge in [0.05, 0.1) is 16.4 Å². The third kappa shape index (κ3) is 4.18. The first-order valence-electron chi connectivity index (χ1n) is 6.09. The summed E-state index contributed by atoms with van der Waals surface area (Å²) >= 11 is 3.38. The summed E-state index contributed by atoms with van der Waals surface area (Å²) in [5, 5.41) is 6.13. The van der Waals surface area contributed by atoms with Crippen LogP contribution in [0.4, 0.5) is 11.5 Å². The van der Waals surface area contributed by atoms with E-state index in [0.717, 1.165) is 29.6 Å². The normalized spacial score (nSPS) is 14.3. The number of pyridine rings is 1. The number of anilines is 2. The van der Waals surface area contributed by atoms with Gasteiger partial charge in [-0.15, -0.1) is 0 Å². The van der Waals surface area contributed by atoms with E-state index in [2.05, 4.69) is 31.5 Å². The molecule has 5 nitrogen and oxygen atoms in total. The average molecular weight is 313 g/mol. The molecule has 1 aliphatic rings. The Labute approximate surface area is 115 Å². The van der Waals surface area contributed by atoms with E-state index in [9.17, 15) is 4.79 Å². The lowest BCUT2D eigenvalue weighted by Crippen LogP contribution is -2.25. The standard InChI is InChI=1S/C12H17BrN4O/c13-10-6-8(14)7-16-12(10)15-5-1-2-11(18)17-9-3-4-9/h6-7,9H,1-5,14H2,(H,15,16)(H,17,18). The maximum Gasteiger partial charge on any atom is 0.220 e. The molecular formula is C12H17BrN4O. The minimum atomic E-state index is 0.142. The van der Waals surface area contributed by atoms with Crippen LogP contribution in [0.2, 0.25) is 0 Å². The van der Waals surface area contributed by atoms with Gasteiger partial charge in [0.25, 0.3) is 0 Å². The second-order valence-electron chi connectivity index (χ2n) is 4.47. The van der Waals surface area contributed by atoms with Crippen LogP contribution < -0.4 is 16.4 Å². The van der Waals surface area contributed by atoms with E-state index in [1.54, 1.807) is 12.3 Å². The Bertz CT molecular complexity index is 434. The first-order valence-corrected chi connectivity index (χ1v) is 6.88. The number of nitrogen functional groups attached to an aromatic ring is 1. The van der Waals surface area contributed by atoms with Crippen LogP contribution >= 0.6 is 15.9 Å². The van der Waals surface area contributed by atoms with Crippen LogP contribution in [0.15, 0.2) is 16.7 Å². The Hall–Kier alpha value is -1.30. The van der Waals surface area contributed by atoms with Crippen molar-refractivity contribution in [2.45, 2.75) is 31.7 Å². The molecule has 6 heteroatoms. The van der Waals surface area contributed by atoms with Gasteiger partial charge in [0.1, 0.15) is 5.82 Å². The number of halogens is 1. The Morgan fingerprint density at radius 1 is 1.56 bits per heavy atom. The number of hydrogen-bond acceptors (Lipinski definition) is 4. The van der Waals surface area contributed by atoms with Gasteiger partial charge in [-0.25, -0.2) is 4.98 Å². The van der Waals surface area contributed by atoms with Crippen molar-refractivity contribution in [2.75, 3.05) is 17.6 Å². The zero-order chi connectivity index (χ0) is 13.0. The number of rotatable bonds is 6. The number of aromatic nitrogens is 1. The minimum absolute atomic E-state index is 0.142. The van der Waals surface area contributed by atoms with Crippen LogP contribution in [-0.4, -0.2) is 23.5 Å². The molecule has 0 aromatic carbocycles. The second kappa shape index (κ2) is 6.04. The van der Waals surface area contributed by atoms with Crippen LogP contribution in [0.3, 0.4) is 0 Å². The van der Waals surface area contributed by atoms with Gasteiger partial charge in [-0.2, -0.15) is 0 Å². The van der Waals surface area contributed by atoms with Crippen LogP contribution in [0, 0.1) is 0 Å². The summed E-state index contributed by atoms with van der Waals surface area (Å²) in [5.74, 6) is 0.899. The van der Waals surface area contributed by atoms with Gasteiger partial charge in [-0.05, 0) is 41.3 Å². The van der Waals surface area contributed by atoms with Crippen LogP contribution in [-0.2, 0) is 4.79 Å². The molecular weight excluding hydrogens is 296 g/mol. The average Bonchev–Trinajstić information content (AvgIpc) is 3.10. The number of carbonyl (C=O) groups excluding carboxylic acids is 1. The fourth-order valence-corrected chi connectivity index (χ4v) is 2.07. The first kappa shape index (κ1) is 13.1. The van der Waals surface area contributed by atoms with Gasteiger partial charge >= 0.3 is 0 Å². The van der Waals surface area contributed by atoms with Gasteiger partial charge in [0.15, 0.2) is 0 Å². The van der Waals surface area contributed by atoms with Crippen molar-refractivity contribution in [3.63, 3.8) is 0 Å². The fraction of sp³-hybridized carbons (Fsp3) is 0.500. The number of nitrogens with one attached hydrogen (secondary N) is 2. The molecule has 1 saturated carbocycles. The minimum Gasteiger partial charge on any atom is -0.397 e. The molecule has 0 atom stereocenters. The quantitative estimate of drug-likeness (QED) is 0.701. The van der Waals surface area contributed by atoms with Gasteiger partial charge in [0.2, 0.25) is 5.91 Å². The van der Waals surface area contributed by atoms with Gasteiger partial charge in [-0.1, -0.05) is 0 Å². The molecule has 18 heavy (non-hydrogen) atoms. The molecule has 1 aromatic heterocycles. The Balaban J connectivity index is 1.66. The lowest BCUT2D eigenvalue weighted by atomic mass is 10.3. The molecule has 2 rings (SSSR count). The number of carbonyl (C=O) groups is 1. The molecule has 1 aliphatic carbocycles. The maximum absolute atomic E-state index is 11.4. The summed E-state index contributed by atoms with van der Waals surface area (Å²) in [7, 11) is 0. The van der Waals surface area contributed by atoms with Crippen LogP contribution in [0.1, 0.15) is 25.7 Å².